The zero-order chi connectivity index (χ0) is 19.7. The summed E-state index contributed by atoms with van der Waals surface area (Å²) in [5.41, 5.74) is 0. The van der Waals surface area contributed by atoms with Crippen molar-refractivity contribution in [3.63, 3.8) is 0 Å². The van der Waals surface area contributed by atoms with Crippen LogP contribution < -0.4 is 0 Å². The van der Waals surface area contributed by atoms with Crippen molar-refractivity contribution < 1.29 is 19.1 Å². The van der Waals surface area contributed by atoms with Crippen LogP contribution in [0.25, 0.3) is 0 Å². The maximum Gasteiger partial charge on any atom is 0.323 e. The molecule has 2 rings (SSSR count). The first kappa shape index (κ1) is 21.8. The van der Waals surface area contributed by atoms with E-state index in [0.717, 1.165) is 24.2 Å². The number of carbonyl (C=O) groups excluding carboxylic acids is 2. The molecular formula is C22H32O4S. The van der Waals surface area contributed by atoms with Crippen molar-refractivity contribution in [2.24, 2.45) is 5.92 Å². The number of hydrogen-bond donors (Lipinski definition) is 0. The van der Waals surface area contributed by atoms with Gasteiger partial charge in [0.15, 0.2) is 0 Å². The van der Waals surface area contributed by atoms with Gasteiger partial charge in [-0.05, 0) is 31.9 Å². The van der Waals surface area contributed by atoms with Gasteiger partial charge in [0.25, 0.3) is 0 Å². The fraction of sp³-hybridized carbons (Fsp3) is 0.636. The maximum atomic E-state index is 12.8. The lowest BCUT2D eigenvalue weighted by Gasteiger charge is -2.27. The Morgan fingerprint density at radius 1 is 1.15 bits per heavy atom. The highest BCUT2D eigenvalue weighted by atomic mass is 32.2. The minimum atomic E-state index is -0.775. The second-order valence-corrected chi connectivity index (χ2v) is 8.93. The number of ether oxygens (including phenoxy) is 2. The summed E-state index contributed by atoms with van der Waals surface area (Å²) >= 11 is 1.49. The summed E-state index contributed by atoms with van der Waals surface area (Å²) in [5.74, 6) is -0.689. The van der Waals surface area contributed by atoms with Crippen LogP contribution in [0.2, 0.25) is 0 Å². The third-order valence-electron chi connectivity index (χ3n) is 5.35. The fourth-order valence-electron chi connectivity index (χ4n) is 3.67. The second kappa shape index (κ2) is 10.7. The molecular weight excluding hydrogens is 360 g/mol. The van der Waals surface area contributed by atoms with Crippen molar-refractivity contribution in [3.8, 4) is 0 Å². The van der Waals surface area contributed by atoms with Crippen LogP contribution in [0.4, 0.5) is 0 Å². The highest BCUT2D eigenvalue weighted by Crippen LogP contribution is 2.48. The van der Waals surface area contributed by atoms with Gasteiger partial charge in [-0.2, -0.15) is 0 Å². The third-order valence-corrected chi connectivity index (χ3v) is 6.75. The zero-order valence-electron chi connectivity index (χ0n) is 16.7. The van der Waals surface area contributed by atoms with Crippen LogP contribution in [0.5, 0.6) is 0 Å². The summed E-state index contributed by atoms with van der Waals surface area (Å²) in [6.45, 7) is 4.11. The minimum absolute atomic E-state index is 0.182. The van der Waals surface area contributed by atoms with Gasteiger partial charge in [0.2, 0.25) is 0 Å². The highest BCUT2D eigenvalue weighted by Gasteiger charge is 2.55. The molecule has 1 aliphatic rings. The molecule has 0 N–H and O–H groups in total. The van der Waals surface area contributed by atoms with E-state index in [1.54, 1.807) is 0 Å². The van der Waals surface area contributed by atoms with E-state index in [-0.39, 0.29) is 30.4 Å². The molecule has 0 spiro atoms. The number of thioether (sulfide) groups is 1. The van der Waals surface area contributed by atoms with Gasteiger partial charge in [-0.1, -0.05) is 57.2 Å². The summed E-state index contributed by atoms with van der Waals surface area (Å²) in [5, 5.41) is 0. The van der Waals surface area contributed by atoms with Crippen molar-refractivity contribution in [2.45, 2.75) is 81.0 Å². The largest absolute Gasteiger partial charge is 0.469 e. The van der Waals surface area contributed by atoms with E-state index >= 15 is 0 Å². The van der Waals surface area contributed by atoms with Gasteiger partial charge in [0.1, 0.15) is 10.9 Å². The molecule has 150 valence electrons. The smallest absolute Gasteiger partial charge is 0.323 e. The third kappa shape index (κ3) is 6.00. The Bertz CT molecular complexity index is 604. The van der Waals surface area contributed by atoms with E-state index in [1.165, 1.54) is 44.6 Å². The molecule has 1 aliphatic heterocycles. The zero-order valence-corrected chi connectivity index (χ0v) is 17.6. The van der Waals surface area contributed by atoms with Crippen molar-refractivity contribution in [1.82, 2.24) is 0 Å². The van der Waals surface area contributed by atoms with Crippen LogP contribution in [0, 0.1) is 5.92 Å². The highest BCUT2D eigenvalue weighted by molar-refractivity contribution is 8.01. The topological polar surface area (TPSA) is 52.6 Å². The lowest BCUT2D eigenvalue weighted by molar-refractivity contribution is -0.144. The molecule has 3 atom stereocenters. The van der Waals surface area contributed by atoms with Gasteiger partial charge >= 0.3 is 11.9 Å². The lowest BCUT2D eigenvalue weighted by Crippen LogP contribution is -2.37. The van der Waals surface area contributed by atoms with Crippen LogP contribution in [0.3, 0.4) is 0 Å². The van der Waals surface area contributed by atoms with E-state index in [0.29, 0.717) is 0 Å². The van der Waals surface area contributed by atoms with Gasteiger partial charge in [-0.25, -0.2) is 0 Å². The molecule has 1 aromatic carbocycles. The Balaban J connectivity index is 2.05. The monoisotopic (exact) mass is 392 g/mol. The fourth-order valence-corrected chi connectivity index (χ4v) is 4.97. The quantitative estimate of drug-likeness (QED) is 0.373. The van der Waals surface area contributed by atoms with Crippen LogP contribution in [-0.4, -0.2) is 29.9 Å². The van der Waals surface area contributed by atoms with E-state index in [4.69, 9.17) is 9.47 Å². The number of carbonyl (C=O) groups is 2. The molecule has 1 aromatic rings. The molecule has 4 nitrogen and oxygen atoms in total. The van der Waals surface area contributed by atoms with Crippen LogP contribution in [-0.2, 0) is 19.1 Å². The Morgan fingerprint density at radius 3 is 2.48 bits per heavy atom. The van der Waals surface area contributed by atoms with Crippen LogP contribution >= 0.6 is 11.8 Å². The van der Waals surface area contributed by atoms with E-state index in [2.05, 4.69) is 6.92 Å². The molecule has 0 unspecified atom stereocenters. The molecule has 1 heterocycles. The summed E-state index contributed by atoms with van der Waals surface area (Å²) in [4.78, 5) is 25.8. The van der Waals surface area contributed by atoms with E-state index < -0.39 is 4.75 Å². The molecule has 0 saturated carbocycles. The molecule has 5 heteroatoms. The first-order valence-electron chi connectivity index (χ1n) is 10.0. The molecule has 1 saturated heterocycles. The predicted molar refractivity (Wildman–Crippen MR) is 109 cm³/mol. The first-order chi connectivity index (χ1) is 13.0. The van der Waals surface area contributed by atoms with Gasteiger partial charge in [0, 0.05) is 10.8 Å². The number of cyclic esters (lactones) is 1. The van der Waals surface area contributed by atoms with Crippen LogP contribution in [0.15, 0.2) is 35.2 Å². The number of benzene rings is 1. The number of unbranched alkanes of at least 4 members (excludes halogenated alkanes) is 5. The molecule has 0 bridgehead atoms. The lowest BCUT2D eigenvalue weighted by atomic mass is 9.85. The van der Waals surface area contributed by atoms with Crippen LogP contribution in [0.1, 0.15) is 65.2 Å². The molecule has 0 aromatic heterocycles. The summed E-state index contributed by atoms with van der Waals surface area (Å²) in [7, 11) is 1.39. The first-order valence-corrected chi connectivity index (χ1v) is 10.8. The van der Waals surface area contributed by atoms with Gasteiger partial charge in [-0.3, -0.25) is 9.59 Å². The van der Waals surface area contributed by atoms with E-state index in [1.807, 2.05) is 37.3 Å². The van der Waals surface area contributed by atoms with Gasteiger partial charge in [-0.15, -0.1) is 11.8 Å². The van der Waals surface area contributed by atoms with E-state index in [9.17, 15) is 9.59 Å². The molecule has 0 radical (unpaired) electrons. The molecule has 27 heavy (non-hydrogen) atoms. The number of hydrogen-bond acceptors (Lipinski definition) is 5. The molecule has 1 fully saturated rings. The Hall–Kier alpha value is -1.49. The van der Waals surface area contributed by atoms with Crippen molar-refractivity contribution in [3.05, 3.63) is 30.3 Å². The number of rotatable bonds is 11. The summed E-state index contributed by atoms with van der Waals surface area (Å²) < 4.78 is 9.89. The standard InChI is InChI=1S/C22H32O4S/c1-4-5-6-7-8-12-15-19-18(16-20(23)25-3)22(2,21(24)26-19)27-17-13-10-9-11-14-17/h9-11,13-14,18-19H,4-8,12,15-16H2,1-3H3/t18-,19-,22+/m0/s1. The average Bonchev–Trinajstić information content (AvgIpc) is 2.89. The Kier molecular flexibility index (Phi) is 8.68. The Labute approximate surface area is 167 Å². The van der Waals surface area contributed by atoms with Crippen molar-refractivity contribution >= 4 is 23.7 Å². The van der Waals surface area contributed by atoms with Gasteiger partial charge < -0.3 is 9.47 Å². The number of methoxy groups -OCH3 is 1. The molecule has 0 aliphatic carbocycles. The summed E-state index contributed by atoms with van der Waals surface area (Å²) in [6.07, 6.45) is 7.94. The van der Waals surface area contributed by atoms with Crippen molar-refractivity contribution in [1.29, 1.82) is 0 Å². The summed E-state index contributed by atoms with van der Waals surface area (Å²) in [6, 6.07) is 9.83. The maximum absolute atomic E-state index is 12.8. The SMILES string of the molecule is CCCCCCCC[C@@H]1OC(=O)[C@](C)(Sc2ccccc2)[C@H]1CC(=O)OC. The average molecular weight is 393 g/mol. The van der Waals surface area contributed by atoms with Crippen molar-refractivity contribution in [2.75, 3.05) is 7.11 Å². The Morgan fingerprint density at radius 2 is 1.81 bits per heavy atom. The predicted octanol–water partition coefficient (Wildman–Crippen LogP) is 5.39. The molecule has 0 amide bonds. The number of esters is 2. The van der Waals surface area contributed by atoms with Gasteiger partial charge in [0.05, 0.1) is 13.5 Å². The second-order valence-electron chi connectivity index (χ2n) is 7.41. The minimum Gasteiger partial charge on any atom is -0.469 e. The normalized spacial score (nSPS) is 24.6.